The molecule has 18 heavy (non-hydrogen) atoms. The van der Waals surface area contributed by atoms with E-state index in [0.29, 0.717) is 5.56 Å². The fourth-order valence-corrected chi connectivity index (χ4v) is 2.47. The first kappa shape index (κ1) is 11.0. The summed E-state index contributed by atoms with van der Waals surface area (Å²) >= 11 is 1.50. The molecule has 5 heteroatoms. The number of nitrogens with zero attached hydrogens (tertiary/aromatic N) is 2. The highest BCUT2D eigenvalue weighted by molar-refractivity contribution is 7.17. The summed E-state index contributed by atoms with van der Waals surface area (Å²) in [6.45, 7) is 0. The highest BCUT2D eigenvalue weighted by atomic mass is 32.1. The van der Waals surface area contributed by atoms with Crippen LogP contribution in [0.4, 0.5) is 4.39 Å². The fraction of sp³-hybridized carbons (Fsp3) is 0. The Bertz CT molecular complexity index is 738. The number of rotatable bonds is 2. The average Bonchev–Trinajstić information content (AvgIpc) is 2.85. The monoisotopic (exact) mass is 258 g/mol. The lowest BCUT2D eigenvalue weighted by atomic mass is 10.1. The second-order valence-corrected chi connectivity index (χ2v) is 4.66. The van der Waals surface area contributed by atoms with Crippen molar-refractivity contribution in [3.63, 3.8) is 0 Å². The van der Waals surface area contributed by atoms with Gasteiger partial charge >= 0.3 is 0 Å². The Kier molecular flexibility index (Phi) is 2.60. The third kappa shape index (κ3) is 1.78. The van der Waals surface area contributed by atoms with Gasteiger partial charge in [0.2, 0.25) is 0 Å². The van der Waals surface area contributed by atoms with E-state index in [-0.39, 0.29) is 11.3 Å². The van der Waals surface area contributed by atoms with Crippen molar-refractivity contribution >= 4 is 27.3 Å². The quantitative estimate of drug-likeness (QED) is 0.663. The number of ketones is 1. The summed E-state index contributed by atoms with van der Waals surface area (Å²) in [7, 11) is 0. The number of hydrogen-bond donors (Lipinski definition) is 0. The van der Waals surface area contributed by atoms with Crippen molar-refractivity contribution in [2.24, 2.45) is 0 Å². The van der Waals surface area contributed by atoms with E-state index >= 15 is 0 Å². The van der Waals surface area contributed by atoms with Gasteiger partial charge in [0.05, 0.1) is 22.0 Å². The lowest BCUT2D eigenvalue weighted by Crippen LogP contribution is -2.04. The van der Waals surface area contributed by atoms with E-state index in [1.165, 1.54) is 29.8 Å². The van der Waals surface area contributed by atoms with Gasteiger partial charge in [-0.25, -0.2) is 4.39 Å². The topological polar surface area (TPSA) is 42.9 Å². The first-order chi connectivity index (χ1) is 8.75. The van der Waals surface area contributed by atoms with E-state index in [9.17, 15) is 9.18 Å². The lowest BCUT2D eigenvalue weighted by Gasteiger charge is -2.01. The summed E-state index contributed by atoms with van der Waals surface area (Å²) in [6.07, 6.45) is 3.90. The molecule has 0 spiro atoms. The van der Waals surface area contributed by atoms with Crippen molar-refractivity contribution in [1.82, 2.24) is 9.97 Å². The Morgan fingerprint density at radius 1 is 1.28 bits per heavy atom. The van der Waals surface area contributed by atoms with Crippen LogP contribution in [-0.2, 0) is 0 Å². The largest absolute Gasteiger partial charge is 0.288 e. The Balaban J connectivity index is 2.09. The van der Waals surface area contributed by atoms with E-state index in [0.717, 1.165) is 16.4 Å². The predicted octanol–water partition coefficient (Wildman–Crippen LogP) is 3.06. The maximum Gasteiger partial charge on any atom is 0.197 e. The molecular weight excluding hydrogens is 251 g/mol. The van der Waals surface area contributed by atoms with Gasteiger partial charge in [0.1, 0.15) is 0 Å². The minimum absolute atomic E-state index is 0.0164. The van der Waals surface area contributed by atoms with Crippen LogP contribution < -0.4 is 0 Å². The van der Waals surface area contributed by atoms with Crippen LogP contribution in [0.3, 0.4) is 0 Å². The highest BCUT2D eigenvalue weighted by Gasteiger charge is 2.14. The smallest absolute Gasteiger partial charge is 0.197 e. The molecule has 0 aromatic carbocycles. The number of thiophene rings is 1. The first-order valence-electron chi connectivity index (χ1n) is 5.23. The summed E-state index contributed by atoms with van der Waals surface area (Å²) in [4.78, 5) is 19.9. The van der Waals surface area contributed by atoms with E-state index in [1.54, 1.807) is 6.07 Å². The number of carbonyl (C=O) groups is 1. The van der Waals surface area contributed by atoms with Crippen LogP contribution in [-0.4, -0.2) is 15.8 Å². The number of halogens is 1. The maximum atomic E-state index is 13.5. The molecule has 3 aromatic rings. The zero-order valence-corrected chi connectivity index (χ0v) is 9.95. The molecule has 0 saturated heterocycles. The normalized spacial score (nSPS) is 10.7. The Hall–Kier alpha value is -2.14. The van der Waals surface area contributed by atoms with Crippen molar-refractivity contribution in [3.05, 3.63) is 59.1 Å². The molecule has 0 radical (unpaired) electrons. The second-order valence-electron chi connectivity index (χ2n) is 3.71. The molecule has 3 nitrogen and oxygen atoms in total. The minimum atomic E-state index is -0.617. The van der Waals surface area contributed by atoms with Crippen LogP contribution in [0.15, 0.2) is 42.2 Å². The maximum absolute atomic E-state index is 13.5. The predicted molar refractivity (Wildman–Crippen MR) is 67.2 cm³/mol. The number of fused-ring (bicyclic) bond motifs is 1. The van der Waals surface area contributed by atoms with Gasteiger partial charge in [-0.1, -0.05) is 0 Å². The molecule has 88 valence electrons. The van der Waals surface area contributed by atoms with Gasteiger partial charge < -0.3 is 0 Å². The lowest BCUT2D eigenvalue weighted by molar-refractivity contribution is 0.103. The van der Waals surface area contributed by atoms with Crippen LogP contribution in [0.5, 0.6) is 0 Å². The molecule has 3 heterocycles. The molecule has 0 fully saturated rings. The molecule has 0 aliphatic rings. The number of carbonyl (C=O) groups excluding carboxylic acids is 1. The Morgan fingerprint density at radius 3 is 3.00 bits per heavy atom. The van der Waals surface area contributed by atoms with Gasteiger partial charge in [-0.3, -0.25) is 14.8 Å². The minimum Gasteiger partial charge on any atom is -0.288 e. The number of pyridine rings is 2. The standard InChI is InChI=1S/C13H7FN2OS/c14-10-7-15-3-1-9(10)13(17)8-5-12-11(16-6-8)2-4-18-12/h1-7H. The molecule has 0 atom stereocenters. The van der Waals surface area contributed by atoms with Gasteiger partial charge in [-0.2, -0.15) is 0 Å². The highest BCUT2D eigenvalue weighted by Crippen LogP contribution is 2.21. The number of hydrogen-bond acceptors (Lipinski definition) is 4. The summed E-state index contributed by atoms with van der Waals surface area (Å²) in [5, 5.41) is 1.90. The third-order valence-corrected chi connectivity index (χ3v) is 3.44. The molecule has 0 aliphatic heterocycles. The SMILES string of the molecule is O=C(c1cnc2ccsc2c1)c1ccncc1F. The van der Waals surface area contributed by atoms with Gasteiger partial charge in [0.25, 0.3) is 0 Å². The second kappa shape index (κ2) is 4.27. The van der Waals surface area contributed by atoms with E-state index in [1.807, 2.05) is 11.4 Å². The van der Waals surface area contributed by atoms with Crippen LogP contribution in [0.25, 0.3) is 10.2 Å². The number of aromatic nitrogens is 2. The molecule has 0 saturated carbocycles. The van der Waals surface area contributed by atoms with Crippen LogP contribution in [0, 0.1) is 5.82 Å². The summed E-state index contributed by atoms with van der Waals surface area (Å²) in [5.41, 5.74) is 1.24. The molecule has 0 bridgehead atoms. The molecule has 0 unspecified atom stereocenters. The van der Waals surface area contributed by atoms with Gasteiger partial charge in [0.15, 0.2) is 11.6 Å². The first-order valence-corrected chi connectivity index (χ1v) is 6.11. The van der Waals surface area contributed by atoms with Gasteiger partial charge in [-0.05, 0) is 23.6 Å². The molecule has 0 aliphatic carbocycles. The van der Waals surface area contributed by atoms with Crippen molar-refractivity contribution in [1.29, 1.82) is 0 Å². The van der Waals surface area contributed by atoms with Gasteiger partial charge in [-0.15, -0.1) is 11.3 Å². The molecular formula is C13H7FN2OS. The Morgan fingerprint density at radius 2 is 2.17 bits per heavy atom. The summed E-state index contributed by atoms with van der Waals surface area (Å²) in [5.74, 6) is -0.994. The Labute approximate surface area is 106 Å². The van der Waals surface area contributed by atoms with Crippen molar-refractivity contribution < 1.29 is 9.18 Å². The van der Waals surface area contributed by atoms with Crippen LogP contribution >= 0.6 is 11.3 Å². The third-order valence-electron chi connectivity index (χ3n) is 2.58. The van der Waals surface area contributed by atoms with Crippen molar-refractivity contribution in [2.75, 3.05) is 0 Å². The van der Waals surface area contributed by atoms with E-state index in [2.05, 4.69) is 9.97 Å². The van der Waals surface area contributed by atoms with E-state index in [4.69, 9.17) is 0 Å². The zero-order chi connectivity index (χ0) is 12.5. The summed E-state index contributed by atoms with van der Waals surface area (Å²) in [6, 6.07) is 4.98. The average molecular weight is 258 g/mol. The molecule has 3 rings (SSSR count). The summed E-state index contributed by atoms with van der Waals surface area (Å²) < 4.78 is 14.4. The molecule has 0 N–H and O–H groups in total. The van der Waals surface area contributed by atoms with Gasteiger partial charge in [0, 0.05) is 18.0 Å². The fourth-order valence-electron chi connectivity index (χ4n) is 1.69. The van der Waals surface area contributed by atoms with Crippen LogP contribution in [0.2, 0.25) is 0 Å². The van der Waals surface area contributed by atoms with Crippen LogP contribution in [0.1, 0.15) is 15.9 Å². The molecule has 0 amide bonds. The van der Waals surface area contributed by atoms with Crippen molar-refractivity contribution in [3.8, 4) is 0 Å². The molecule has 3 aromatic heterocycles. The zero-order valence-electron chi connectivity index (χ0n) is 9.13. The van der Waals surface area contributed by atoms with Crippen molar-refractivity contribution in [2.45, 2.75) is 0 Å². The van der Waals surface area contributed by atoms with E-state index < -0.39 is 5.82 Å².